The predicted octanol–water partition coefficient (Wildman–Crippen LogP) is 6.08. The van der Waals surface area contributed by atoms with Gasteiger partial charge in [0.25, 0.3) is 0 Å². The minimum absolute atomic E-state index is 0.228. The summed E-state index contributed by atoms with van der Waals surface area (Å²) < 4.78 is 15.5. The number of nitrogens with zero attached hydrogens (tertiary/aromatic N) is 2. The maximum atomic E-state index is 12.5. The second kappa shape index (κ2) is 9.86. The molecule has 34 heavy (non-hydrogen) atoms. The summed E-state index contributed by atoms with van der Waals surface area (Å²) in [5.74, 6) is 0.658. The molecule has 0 spiro atoms. The van der Waals surface area contributed by atoms with Gasteiger partial charge in [-0.25, -0.2) is 9.59 Å². The number of aryl methyl sites for hydroxylation is 1. The number of pyridine rings is 1. The summed E-state index contributed by atoms with van der Waals surface area (Å²) in [6.45, 7) is 3.43. The fourth-order valence-electron chi connectivity index (χ4n) is 3.35. The Morgan fingerprint density at radius 3 is 2.47 bits per heavy atom. The lowest BCUT2D eigenvalue weighted by Crippen LogP contribution is -2.17. The Hall–Kier alpha value is -4.66. The van der Waals surface area contributed by atoms with Gasteiger partial charge in [-0.1, -0.05) is 47.6 Å². The van der Waals surface area contributed by atoms with Crippen LogP contribution in [0.4, 0.5) is 15.3 Å². The largest absolute Gasteiger partial charge is 0.511 e. The Morgan fingerprint density at radius 2 is 1.76 bits per heavy atom. The molecule has 0 unspecified atom stereocenters. The molecule has 2 aromatic carbocycles. The van der Waals surface area contributed by atoms with Crippen LogP contribution in [-0.4, -0.2) is 27.5 Å². The van der Waals surface area contributed by atoms with Gasteiger partial charge in [0.1, 0.15) is 23.2 Å². The Morgan fingerprint density at radius 1 is 1.00 bits per heavy atom. The van der Waals surface area contributed by atoms with Crippen LogP contribution in [0.2, 0.25) is 0 Å². The van der Waals surface area contributed by atoms with E-state index in [4.69, 9.17) is 19.1 Å². The van der Waals surface area contributed by atoms with Crippen molar-refractivity contribution in [2.75, 3.05) is 5.32 Å². The number of ether oxygens (including phenoxy) is 2. The Kier molecular flexibility index (Phi) is 6.54. The van der Waals surface area contributed by atoms with Gasteiger partial charge in [0.15, 0.2) is 5.76 Å². The van der Waals surface area contributed by atoms with Gasteiger partial charge in [-0.15, -0.1) is 0 Å². The number of carbonyl (C=O) groups is 2. The zero-order valence-electron chi connectivity index (χ0n) is 18.4. The van der Waals surface area contributed by atoms with Crippen molar-refractivity contribution in [3.63, 3.8) is 0 Å². The predicted molar refractivity (Wildman–Crippen MR) is 124 cm³/mol. The third-order valence-electron chi connectivity index (χ3n) is 5.01. The first-order valence-electron chi connectivity index (χ1n) is 10.4. The smallest absolute Gasteiger partial charge is 0.449 e. The number of rotatable bonds is 6. The summed E-state index contributed by atoms with van der Waals surface area (Å²) in [5, 5.41) is 15.6. The Labute approximate surface area is 195 Å². The standard InChI is InChI=1S/C25H21N3O6/c1-15(21-8-3-4-13-26-21)32-24(29)27-22-16(2)34-28-23(22)18-11-9-17(10-12-18)19-6-5-7-20(14-19)33-25(30)31/h3-15H,1-2H3,(H,27,29)(H,30,31)/t15-/m1/s1. The first-order valence-corrected chi connectivity index (χ1v) is 10.4. The highest BCUT2D eigenvalue weighted by Gasteiger charge is 2.20. The van der Waals surface area contributed by atoms with Gasteiger partial charge >= 0.3 is 12.2 Å². The van der Waals surface area contributed by atoms with E-state index in [2.05, 4.69) is 15.5 Å². The molecule has 9 nitrogen and oxygen atoms in total. The maximum absolute atomic E-state index is 12.5. The van der Waals surface area contributed by atoms with E-state index in [1.807, 2.05) is 36.4 Å². The SMILES string of the molecule is Cc1onc(-c2ccc(-c3cccc(OC(=O)O)c3)cc2)c1NC(=O)O[C@H](C)c1ccccn1. The highest BCUT2D eigenvalue weighted by molar-refractivity contribution is 5.91. The second-order valence-corrected chi connectivity index (χ2v) is 7.36. The number of carboxylic acid groups (broad SMARTS) is 1. The van der Waals surface area contributed by atoms with Gasteiger partial charge < -0.3 is 19.1 Å². The second-order valence-electron chi connectivity index (χ2n) is 7.36. The molecular formula is C25H21N3O6. The van der Waals surface area contributed by atoms with Crippen molar-refractivity contribution in [2.45, 2.75) is 20.0 Å². The van der Waals surface area contributed by atoms with Gasteiger partial charge in [0, 0.05) is 11.8 Å². The lowest BCUT2D eigenvalue weighted by atomic mass is 10.0. The minimum Gasteiger partial charge on any atom is -0.449 e. The summed E-state index contributed by atoms with van der Waals surface area (Å²) in [6.07, 6.45) is -0.932. The topological polar surface area (TPSA) is 124 Å². The number of aromatic nitrogens is 2. The highest BCUT2D eigenvalue weighted by atomic mass is 16.7. The van der Waals surface area contributed by atoms with Crippen LogP contribution in [0.15, 0.2) is 77.4 Å². The molecule has 0 saturated carbocycles. The van der Waals surface area contributed by atoms with E-state index in [9.17, 15) is 9.59 Å². The van der Waals surface area contributed by atoms with Crippen LogP contribution in [0.5, 0.6) is 5.75 Å². The number of carbonyl (C=O) groups excluding carboxylic acids is 1. The molecule has 2 heterocycles. The fraction of sp³-hybridized carbons (Fsp3) is 0.120. The van der Waals surface area contributed by atoms with E-state index < -0.39 is 18.4 Å². The first-order chi connectivity index (χ1) is 16.4. The minimum atomic E-state index is -1.37. The Bertz CT molecular complexity index is 1300. The number of benzene rings is 2. The molecule has 0 bridgehead atoms. The van der Waals surface area contributed by atoms with Crippen molar-refractivity contribution < 1.29 is 28.7 Å². The molecule has 2 N–H and O–H groups in total. The van der Waals surface area contributed by atoms with Gasteiger partial charge in [-0.2, -0.15) is 0 Å². The molecule has 9 heteroatoms. The number of hydrogen-bond acceptors (Lipinski definition) is 7. The number of hydrogen-bond donors (Lipinski definition) is 2. The molecule has 2 aromatic heterocycles. The average Bonchev–Trinajstić information content (AvgIpc) is 3.19. The van der Waals surface area contributed by atoms with E-state index in [1.165, 1.54) is 0 Å². The lowest BCUT2D eigenvalue weighted by Gasteiger charge is -2.13. The average molecular weight is 459 g/mol. The van der Waals surface area contributed by atoms with Crippen molar-refractivity contribution >= 4 is 17.9 Å². The van der Waals surface area contributed by atoms with Crippen LogP contribution in [0.25, 0.3) is 22.4 Å². The molecule has 0 aliphatic rings. The summed E-state index contributed by atoms with van der Waals surface area (Å²) in [5.41, 5.74) is 3.84. The van der Waals surface area contributed by atoms with Crippen LogP contribution in [0.1, 0.15) is 24.5 Å². The molecule has 0 saturated heterocycles. The van der Waals surface area contributed by atoms with Crippen molar-refractivity contribution in [3.05, 3.63) is 84.4 Å². The monoisotopic (exact) mass is 459 g/mol. The van der Waals surface area contributed by atoms with E-state index in [1.54, 1.807) is 50.4 Å². The van der Waals surface area contributed by atoms with Gasteiger partial charge in [0.2, 0.25) is 0 Å². The van der Waals surface area contributed by atoms with E-state index in [0.29, 0.717) is 28.4 Å². The third kappa shape index (κ3) is 5.21. The number of anilines is 1. The molecule has 1 amide bonds. The zero-order valence-corrected chi connectivity index (χ0v) is 18.4. The Balaban J connectivity index is 1.50. The molecule has 0 aliphatic carbocycles. The normalized spacial score (nSPS) is 11.5. The molecular weight excluding hydrogens is 438 g/mol. The summed E-state index contributed by atoms with van der Waals surface area (Å²) >= 11 is 0. The molecule has 0 radical (unpaired) electrons. The summed E-state index contributed by atoms with van der Waals surface area (Å²) in [6, 6.07) is 19.5. The summed E-state index contributed by atoms with van der Waals surface area (Å²) in [7, 11) is 0. The van der Waals surface area contributed by atoms with E-state index in [-0.39, 0.29) is 5.75 Å². The van der Waals surface area contributed by atoms with Gasteiger partial charge in [0.05, 0.1) is 5.69 Å². The van der Waals surface area contributed by atoms with Gasteiger partial charge in [-0.05, 0) is 49.2 Å². The molecule has 4 aromatic rings. The maximum Gasteiger partial charge on any atom is 0.511 e. The van der Waals surface area contributed by atoms with Gasteiger partial charge in [-0.3, -0.25) is 10.3 Å². The first kappa shape index (κ1) is 22.5. The molecule has 0 fully saturated rings. The fourth-order valence-corrected chi connectivity index (χ4v) is 3.35. The lowest BCUT2D eigenvalue weighted by molar-refractivity contribution is 0.119. The van der Waals surface area contributed by atoms with E-state index >= 15 is 0 Å². The van der Waals surface area contributed by atoms with E-state index in [0.717, 1.165) is 11.1 Å². The van der Waals surface area contributed by atoms with Crippen molar-refractivity contribution in [1.82, 2.24) is 10.1 Å². The highest BCUT2D eigenvalue weighted by Crippen LogP contribution is 2.32. The van der Waals surface area contributed by atoms with Crippen LogP contribution in [0.3, 0.4) is 0 Å². The van der Waals surface area contributed by atoms with Crippen LogP contribution in [-0.2, 0) is 4.74 Å². The van der Waals surface area contributed by atoms with Crippen LogP contribution >= 0.6 is 0 Å². The molecule has 0 aliphatic heterocycles. The zero-order chi connectivity index (χ0) is 24.1. The van der Waals surface area contributed by atoms with Crippen molar-refractivity contribution in [1.29, 1.82) is 0 Å². The number of amides is 1. The van der Waals surface area contributed by atoms with Crippen molar-refractivity contribution in [3.8, 4) is 28.1 Å². The number of nitrogens with one attached hydrogen (secondary N) is 1. The molecule has 172 valence electrons. The third-order valence-corrected chi connectivity index (χ3v) is 5.01. The van der Waals surface area contributed by atoms with Crippen LogP contribution < -0.4 is 10.1 Å². The molecule has 4 rings (SSSR count). The van der Waals surface area contributed by atoms with Crippen molar-refractivity contribution in [2.24, 2.45) is 0 Å². The summed E-state index contributed by atoms with van der Waals surface area (Å²) in [4.78, 5) is 27.5. The molecule has 1 atom stereocenters. The quantitative estimate of drug-likeness (QED) is 0.263. The van der Waals surface area contributed by atoms with Crippen LogP contribution in [0, 0.1) is 6.92 Å².